The number of hydrogen-bond donors (Lipinski definition) is 1. The van der Waals surface area contributed by atoms with Crippen molar-refractivity contribution >= 4 is 38.9 Å². The van der Waals surface area contributed by atoms with E-state index in [2.05, 4.69) is 0 Å². The second-order valence-corrected chi connectivity index (χ2v) is 13.9. The molecule has 36 heavy (non-hydrogen) atoms. The number of ether oxygens (including phenoxy) is 1. The van der Waals surface area contributed by atoms with Crippen LogP contribution in [0.25, 0.3) is 0 Å². The summed E-state index contributed by atoms with van der Waals surface area (Å²) in [6.07, 6.45) is -0.0205. The summed E-state index contributed by atoms with van der Waals surface area (Å²) < 4.78 is 32.1. The van der Waals surface area contributed by atoms with E-state index in [4.69, 9.17) is 27.9 Å². The van der Waals surface area contributed by atoms with Crippen molar-refractivity contribution < 1.29 is 23.1 Å². The van der Waals surface area contributed by atoms with Crippen LogP contribution in [0.5, 0.6) is 0 Å². The highest BCUT2D eigenvalue weighted by Crippen LogP contribution is 2.48. The maximum atomic E-state index is 13.9. The monoisotopic (exact) mass is 551 g/mol. The minimum atomic E-state index is -3.59. The van der Waals surface area contributed by atoms with Gasteiger partial charge in [0.2, 0.25) is 0 Å². The lowest BCUT2D eigenvalue weighted by molar-refractivity contribution is -0.171. The third-order valence-electron chi connectivity index (χ3n) is 6.63. The molecule has 0 aromatic heterocycles. The van der Waals surface area contributed by atoms with Gasteiger partial charge in [-0.25, -0.2) is 8.42 Å². The number of amides is 1. The van der Waals surface area contributed by atoms with Crippen molar-refractivity contribution in [3.05, 3.63) is 81.0 Å². The Morgan fingerprint density at radius 2 is 1.72 bits per heavy atom. The number of aliphatic hydroxyl groups excluding tert-OH is 1. The molecule has 1 aliphatic heterocycles. The zero-order chi connectivity index (χ0) is 26.3. The van der Waals surface area contributed by atoms with Crippen LogP contribution in [-0.2, 0) is 19.4 Å². The number of nitrogens with zero attached hydrogens (tertiary/aromatic N) is 1. The largest absolute Gasteiger partial charge is 0.396 e. The van der Waals surface area contributed by atoms with E-state index in [-0.39, 0.29) is 24.7 Å². The molecule has 0 radical (unpaired) electrons. The number of morpholine rings is 1. The van der Waals surface area contributed by atoms with E-state index >= 15 is 0 Å². The molecule has 1 amide bonds. The minimum absolute atomic E-state index is 0.0916. The third kappa shape index (κ3) is 5.65. The van der Waals surface area contributed by atoms with Crippen LogP contribution in [0, 0.1) is 0 Å². The second-order valence-electron chi connectivity index (χ2n) is 10.2. The first-order valence-corrected chi connectivity index (χ1v) is 14.4. The first-order valence-electron chi connectivity index (χ1n) is 12.0. The number of carbonyl (C=O) groups is 1. The van der Waals surface area contributed by atoms with Crippen LogP contribution in [0.1, 0.15) is 63.3 Å². The fraction of sp³-hybridized carbons (Fsp3) is 0.444. The van der Waals surface area contributed by atoms with Crippen molar-refractivity contribution in [2.75, 3.05) is 12.4 Å². The molecule has 2 aromatic carbocycles. The minimum Gasteiger partial charge on any atom is -0.396 e. The summed E-state index contributed by atoms with van der Waals surface area (Å²) in [5, 5.41) is 10.8. The third-order valence-corrected chi connectivity index (χ3v) is 9.63. The number of hydrogen-bond acceptors (Lipinski definition) is 5. The van der Waals surface area contributed by atoms with Crippen molar-refractivity contribution in [3.63, 3.8) is 0 Å². The van der Waals surface area contributed by atoms with Gasteiger partial charge in [-0.15, -0.1) is 0 Å². The van der Waals surface area contributed by atoms with E-state index in [1.54, 1.807) is 49.9 Å². The lowest BCUT2D eigenvalue weighted by atomic mass is 9.90. The summed E-state index contributed by atoms with van der Waals surface area (Å²) >= 11 is 12.5. The average molecular weight is 553 g/mol. The molecule has 2 aliphatic rings. The van der Waals surface area contributed by atoms with E-state index in [0.29, 0.717) is 15.7 Å². The van der Waals surface area contributed by atoms with Crippen LogP contribution in [0.3, 0.4) is 0 Å². The van der Waals surface area contributed by atoms with Gasteiger partial charge in [-0.3, -0.25) is 4.79 Å². The van der Waals surface area contributed by atoms with Gasteiger partial charge in [-0.1, -0.05) is 47.5 Å². The first-order chi connectivity index (χ1) is 16.9. The van der Waals surface area contributed by atoms with Gasteiger partial charge in [0, 0.05) is 28.8 Å². The molecule has 1 N–H and O–H groups in total. The molecular formula is C27H31Cl2NO5S. The summed E-state index contributed by atoms with van der Waals surface area (Å²) in [5.74, 6) is -0.615. The molecule has 3 atom stereocenters. The van der Waals surface area contributed by atoms with Gasteiger partial charge in [0.25, 0.3) is 5.91 Å². The van der Waals surface area contributed by atoms with Crippen molar-refractivity contribution in [2.45, 2.75) is 63.0 Å². The van der Waals surface area contributed by atoms with Crippen molar-refractivity contribution in [1.82, 2.24) is 4.90 Å². The zero-order valence-electron chi connectivity index (χ0n) is 20.6. The Morgan fingerprint density at radius 3 is 2.28 bits per heavy atom. The quantitative estimate of drug-likeness (QED) is 0.480. The standard InChI is InChI=1S/C27H31Cl2NO5S/c1-27(2,3)36(33,34)16-22(17-7-8-17)30-24(18-9-11-20(28)12-10-18)25(19-5-4-6-21(29)15-19)35-23(13-14-31)26(30)32/h4-6,9-12,15,23-25,31H,7-8,13-14,16H2,1-3H3/t23-,24-,25-/m1/s1. The van der Waals surface area contributed by atoms with Crippen molar-refractivity contribution in [1.29, 1.82) is 0 Å². The van der Waals surface area contributed by atoms with Gasteiger partial charge >= 0.3 is 0 Å². The Bertz CT molecular complexity index is 1260. The Labute approximate surface area is 222 Å². The Morgan fingerprint density at radius 1 is 1.06 bits per heavy atom. The highest BCUT2D eigenvalue weighted by atomic mass is 35.5. The van der Waals surface area contributed by atoms with E-state index in [1.807, 2.05) is 24.3 Å². The summed E-state index contributed by atoms with van der Waals surface area (Å²) in [5.41, 5.74) is 2.96. The summed E-state index contributed by atoms with van der Waals surface area (Å²) in [7, 11) is -3.59. The molecule has 1 heterocycles. The van der Waals surface area contributed by atoms with Crippen LogP contribution < -0.4 is 0 Å². The SMILES string of the molecule is CC(C)(C)S(=O)(=O)CC(=C1CC1)N1C(=O)[C@@H](CCO)O[C@H](c2cccc(Cl)c2)[C@H]1c1ccc(Cl)cc1. The molecule has 194 valence electrons. The van der Waals surface area contributed by atoms with E-state index in [9.17, 15) is 18.3 Å². The molecule has 1 saturated heterocycles. The fourth-order valence-corrected chi connectivity index (χ4v) is 5.83. The van der Waals surface area contributed by atoms with Crippen LogP contribution >= 0.6 is 23.2 Å². The van der Waals surface area contributed by atoms with Crippen LogP contribution in [0.15, 0.2) is 59.8 Å². The summed E-state index contributed by atoms with van der Waals surface area (Å²) in [6, 6.07) is 13.7. The number of benzene rings is 2. The Kier molecular flexibility index (Phi) is 7.89. The maximum Gasteiger partial charge on any atom is 0.256 e. The Balaban J connectivity index is 1.91. The number of halogens is 2. The highest BCUT2D eigenvalue weighted by molar-refractivity contribution is 7.92. The van der Waals surface area contributed by atoms with Crippen molar-refractivity contribution in [3.8, 4) is 0 Å². The fourth-order valence-electron chi connectivity index (χ4n) is 4.36. The van der Waals surface area contributed by atoms with E-state index in [1.165, 1.54) is 0 Å². The molecule has 1 aliphatic carbocycles. The smallest absolute Gasteiger partial charge is 0.256 e. The van der Waals surface area contributed by atoms with E-state index in [0.717, 1.165) is 29.5 Å². The zero-order valence-corrected chi connectivity index (χ0v) is 22.9. The molecule has 9 heteroatoms. The van der Waals surface area contributed by atoms with Gasteiger partial charge in [0.15, 0.2) is 9.84 Å². The molecule has 0 spiro atoms. The molecule has 6 nitrogen and oxygen atoms in total. The maximum absolute atomic E-state index is 13.9. The molecule has 1 saturated carbocycles. The molecule has 0 unspecified atom stereocenters. The Hall–Kier alpha value is -1.90. The molecule has 0 bridgehead atoms. The predicted molar refractivity (Wildman–Crippen MR) is 142 cm³/mol. The number of allylic oxidation sites excluding steroid dienone is 1. The van der Waals surface area contributed by atoms with Gasteiger partial charge in [0.1, 0.15) is 12.2 Å². The molecule has 2 fully saturated rings. The lowest BCUT2D eigenvalue weighted by Crippen LogP contribution is -2.52. The van der Waals surface area contributed by atoms with Gasteiger partial charge in [0.05, 0.1) is 16.5 Å². The predicted octanol–water partition coefficient (Wildman–Crippen LogP) is 5.65. The van der Waals surface area contributed by atoms with E-state index < -0.39 is 32.8 Å². The topological polar surface area (TPSA) is 83.9 Å². The number of rotatable bonds is 7. The van der Waals surface area contributed by atoms with Gasteiger partial charge in [-0.05, 0) is 74.6 Å². The van der Waals surface area contributed by atoms with Crippen LogP contribution in [-0.4, -0.2) is 47.5 Å². The summed E-state index contributed by atoms with van der Waals surface area (Å²) in [6.45, 7) is 4.75. The van der Waals surface area contributed by atoms with Gasteiger partial charge < -0.3 is 14.7 Å². The molecular weight excluding hydrogens is 521 g/mol. The molecule has 2 aromatic rings. The van der Waals surface area contributed by atoms with Crippen LogP contribution in [0.4, 0.5) is 0 Å². The second kappa shape index (κ2) is 10.5. The van der Waals surface area contributed by atoms with Crippen LogP contribution in [0.2, 0.25) is 10.0 Å². The average Bonchev–Trinajstić information content (AvgIpc) is 3.64. The molecule has 4 rings (SSSR count). The van der Waals surface area contributed by atoms with Gasteiger partial charge in [-0.2, -0.15) is 0 Å². The normalized spacial score (nSPS) is 22.6. The summed E-state index contributed by atoms with van der Waals surface area (Å²) in [4.78, 5) is 15.5. The first kappa shape index (κ1) is 27.1. The highest BCUT2D eigenvalue weighted by Gasteiger charge is 2.48. The number of aliphatic hydroxyl groups is 1. The number of carbonyl (C=O) groups excluding carboxylic acids is 1. The lowest BCUT2D eigenvalue weighted by Gasteiger charge is -2.46. The number of sulfone groups is 1. The van der Waals surface area contributed by atoms with Crippen molar-refractivity contribution in [2.24, 2.45) is 0 Å².